The van der Waals surface area contributed by atoms with Gasteiger partial charge in [-0.05, 0) is 49.8 Å². The minimum absolute atomic E-state index is 0.0957. The fraction of sp³-hybridized carbons (Fsp3) is 0.556. The zero-order valence-corrected chi connectivity index (χ0v) is 22.1. The number of para-hydroxylation sites is 1. The number of hydrogen-bond acceptors (Lipinski definition) is 6. The number of fused-ring (bicyclic) bond motifs is 1. The van der Waals surface area contributed by atoms with E-state index in [0.717, 1.165) is 22.9 Å². The van der Waals surface area contributed by atoms with Crippen molar-refractivity contribution in [1.29, 1.82) is 0 Å². The van der Waals surface area contributed by atoms with Gasteiger partial charge in [-0.2, -0.15) is 0 Å². The lowest BCUT2D eigenvalue weighted by Gasteiger charge is -2.31. The SMILES string of the molecule is CC(C)C(NC(=O)C(N)CCCCN)C(=O)N1CCCC1C(=O)NC(Cc1c[nH]c2ccccc12)C(=O)O. The maximum absolute atomic E-state index is 13.5. The van der Waals surface area contributed by atoms with Crippen molar-refractivity contribution in [1.82, 2.24) is 20.5 Å². The first kappa shape index (κ1) is 29.1. The van der Waals surface area contributed by atoms with Crippen LogP contribution in [0.25, 0.3) is 10.9 Å². The van der Waals surface area contributed by atoms with Gasteiger partial charge in [0.2, 0.25) is 17.7 Å². The van der Waals surface area contributed by atoms with Crippen molar-refractivity contribution in [3.05, 3.63) is 36.0 Å². The Kier molecular flexibility index (Phi) is 10.3. The number of aliphatic carboxylic acids is 1. The average molecular weight is 529 g/mol. The minimum atomic E-state index is -1.16. The number of nitrogens with two attached hydrogens (primary N) is 2. The third-order valence-corrected chi connectivity index (χ3v) is 7.09. The molecule has 11 nitrogen and oxygen atoms in total. The molecule has 1 aliphatic rings. The van der Waals surface area contributed by atoms with E-state index < -0.39 is 42.0 Å². The van der Waals surface area contributed by atoms with Crippen molar-refractivity contribution in [3.8, 4) is 0 Å². The van der Waals surface area contributed by atoms with Crippen LogP contribution in [-0.4, -0.2) is 75.9 Å². The van der Waals surface area contributed by atoms with Gasteiger partial charge in [0.15, 0.2) is 0 Å². The molecule has 3 amide bonds. The monoisotopic (exact) mass is 528 g/mol. The Morgan fingerprint density at radius 1 is 1.16 bits per heavy atom. The van der Waals surface area contributed by atoms with Crippen LogP contribution in [-0.2, 0) is 25.6 Å². The zero-order chi connectivity index (χ0) is 27.8. The van der Waals surface area contributed by atoms with Crippen LogP contribution in [0.3, 0.4) is 0 Å². The number of carboxylic acid groups (broad SMARTS) is 1. The Hall–Kier alpha value is -3.44. The third kappa shape index (κ3) is 7.11. The van der Waals surface area contributed by atoms with Gasteiger partial charge in [-0.15, -0.1) is 0 Å². The molecule has 1 aliphatic heterocycles. The number of benzene rings is 1. The van der Waals surface area contributed by atoms with Crippen molar-refractivity contribution in [2.75, 3.05) is 13.1 Å². The van der Waals surface area contributed by atoms with E-state index in [1.807, 2.05) is 38.1 Å². The molecule has 1 aromatic heterocycles. The van der Waals surface area contributed by atoms with E-state index in [1.54, 1.807) is 6.20 Å². The van der Waals surface area contributed by atoms with E-state index >= 15 is 0 Å². The highest BCUT2D eigenvalue weighted by atomic mass is 16.4. The van der Waals surface area contributed by atoms with Crippen LogP contribution in [0.15, 0.2) is 30.5 Å². The highest BCUT2D eigenvalue weighted by molar-refractivity contribution is 5.95. The van der Waals surface area contributed by atoms with Crippen molar-refractivity contribution < 1.29 is 24.3 Å². The van der Waals surface area contributed by atoms with Crippen LogP contribution in [0, 0.1) is 5.92 Å². The summed E-state index contributed by atoms with van der Waals surface area (Å²) in [6.45, 7) is 4.49. The van der Waals surface area contributed by atoms with Crippen LogP contribution in [0.2, 0.25) is 0 Å². The van der Waals surface area contributed by atoms with Gasteiger partial charge in [-0.1, -0.05) is 38.5 Å². The average Bonchev–Trinajstić information content (AvgIpc) is 3.54. The molecule has 11 heteroatoms. The van der Waals surface area contributed by atoms with E-state index in [0.29, 0.717) is 38.8 Å². The quantitative estimate of drug-likeness (QED) is 0.208. The molecule has 1 aromatic carbocycles. The van der Waals surface area contributed by atoms with E-state index in [9.17, 15) is 24.3 Å². The van der Waals surface area contributed by atoms with Crippen LogP contribution in [0.5, 0.6) is 0 Å². The standard InChI is InChI=1S/C27H40N6O5/c1-16(2)23(32-24(34)19(29)9-5-6-12-28)26(36)33-13-7-11-22(33)25(35)31-21(27(37)38)14-17-15-30-20-10-4-3-8-18(17)20/h3-4,8,10,15-16,19,21-23,30H,5-7,9,11-14,28-29H2,1-2H3,(H,31,35)(H,32,34)(H,37,38). The molecule has 8 N–H and O–H groups in total. The molecule has 0 saturated carbocycles. The van der Waals surface area contributed by atoms with Crippen LogP contribution >= 0.6 is 0 Å². The van der Waals surface area contributed by atoms with Crippen LogP contribution < -0.4 is 22.1 Å². The predicted molar refractivity (Wildman–Crippen MR) is 144 cm³/mol. The number of H-pyrrole nitrogens is 1. The number of nitrogens with one attached hydrogen (secondary N) is 3. The largest absolute Gasteiger partial charge is 0.480 e. The molecule has 2 aromatic rings. The van der Waals surface area contributed by atoms with Gasteiger partial charge in [0, 0.05) is 30.1 Å². The summed E-state index contributed by atoms with van der Waals surface area (Å²) in [6, 6.07) is 3.96. The first-order chi connectivity index (χ1) is 18.1. The fourth-order valence-electron chi connectivity index (χ4n) is 4.88. The minimum Gasteiger partial charge on any atom is -0.480 e. The lowest BCUT2D eigenvalue weighted by Crippen LogP contribution is -2.58. The Bertz CT molecular complexity index is 1130. The van der Waals surface area contributed by atoms with E-state index in [4.69, 9.17) is 11.5 Å². The first-order valence-corrected chi connectivity index (χ1v) is 13.3. The maximum atomic E-state index is 13.5. The highest BCUT2D eigenvalue weighted by Crippen LogP contribution is 2.22. The Morgan fingerprint density at radius 3 is 2.58 bits per heavy atom. The molecule has 0 aliphatic carbocycles. The number of likely N-dealkylation sites (tertiary alicyclic amines) is 1. The Balaban J connectivity index is 1.67. The van der Waals surface area contributed by atoms with E-state index in [1.165, 1.54) is 4.90 Å². The molecule has 0 bridgehead atoms. The van der Waals surface area contributed by atoms with Gasteiger partial charge >= 0.3 is 5.97 Å². The van der Waals surface area contributed by atoms with Gasteiger partial charge < -0.3 is 37.1 Å². The summed E-state index contributed by atoms with van der Waals surface area (Å²) < 4.78 is 0. The number of carboxylic acids is 1. The number of aromatic amines is 1. The summed E-state index contributed by atoms with van der Waals surface area (Å²) in [4.78, 5) is 56.0. The molecule has 208 valence electrons. The third-order valence-electron chi connectivity index (χ3n) is 7.09. The smallest absolute Gasteiger partial charge is 0.326 e. The number of hydrogen-bond donors (Lipinski definition) is 6. The van der Waals surface area contributed by atoms with Gasteiger partial charge in [0.05, 0.1) is 6.04 Å². The number of rotatable bonds is 13. The highest BCUT2D eigenvalue weighted by Gasteiger charge is 2.40. The van der Waals surface area contributed by atoms with Crippen molar-refractivity contribution in [2.24, 2.45) is 17.4 Å². The van der Waals surface area contributed by atoms with Gasteiger partial charge in [-0.3, -0.25) is 14.4 Å². The van der Waals surface area contributed by atoms with Crippen molar-refractivity contribution in [3.63, 3.8) is 0 Å². The normalized spacial score (nSPS) is 17.8. The molecule has 4 atom stereocenters. The second-order valence-corrected chi connectivity index (χ2v) is 10.3. The number of carbonyl (C=O) groups excluding carboxylic acids is 3. The molecule has 0 radical (unpaired) electrons. The van der Waals surface area contributed by atoms with Crippen LogP contribution in [0.4, 0.5) is 0 Å². The molecule has 38 heavy (non-hydrogen) atoms. The summed E-state index contributed by atoms with van der Waals surface area (Å²) in [5.41, 5.74) is 13.2. The number of carbonyl (C=O) groups is 4. The fourth-order valence-corrected chi connectivity index (χ4v) is 4.88. The van der Waals surface area contributed by atoms with Gasteiger partial charge in [0.25, 0.3) is 0 Å². The summed E-state index contributed by atoms with van der Waals surface area (Å²) in [6.07, 6.45) is 4.78. The second-order valence-electron chi connectivity index (χ2n) is 10.3. The Morgan fingerprint density at radius 2 is 1.89 bits per heavy atom. The van der Waals surface area contributed by atoms with Gasteiger partial charge in [0.1, 0.15) is 18.1 Å². The van der Waals surface area contributed by atoms with E-state index in [-0.39, 0.29) is 18.2 Å². The number of aromatic nitrogens is 1. The number of nitrogens with zero attached hydrogens (tertiary/aromatic N) is 1. The summed E-state index contributed by atoms with van der Waals surface area (Å²) in [5, 5.41) is 16.1. The first-order valence-electron chi connectivity index (χ1n) is 13.3. The Labute approximate surface area is 222 Å². The topological polar surface area (TPSA) is 184 Å². The molecule has 0 spiro atoms. The molecule has 2 heterocycles. The number of amides is 3. The summed E-state index contributed by atoms with van der Waals surface area (Å²) in [5.74, 6) is -2.70. The van der Waals surface area contributed by atoms with Crippen LogP contribution in [0.1, 0.15) is 51.5 Å². The predicted octanol–water partition coefficient (Wildman–Crippen LogP) is 0.868. The van der Waals surface area contributed by atoms with E-state index in [2.05, 4.69) is 15.6 Å². The maximum Gasteiger partial charge on any atom is 0.326 e. The molecule has 4 unspecified atom stereocenters. The lowest BCUT2D eigenvalue weighted by molar-refractivity contribution is -0.145. The second kappa shape index (κ2) is 13.4. The molecule has 1 saturated heterocycles. The summed E-state index contributed by atoms with van der Waals surface area (Å²) in [7, 11) is 0. The molecular formula is C27H40N6O5. The zero-order valence-electron chi connectivity index (χ0n) is 22.1. The lowest BCUT2D eigenvalue weighted by atomic mass is 10.0. The molecule has 3 rings (SSSR count). The molecular weight excluding hydrogens is 488 g/mol. The van der Waals surface area contributed by atoms with Gasteiger partial charge in [-0.25, -0.2) is 4.79 Å². The van der Waals surface area contributed by atoms with Crippen molar-refractivity contribution >= 4 is 34.6 Å². The summed E-state index contributed by atoms with van der Waals surface area (Å²) >= 11 is 0. The number of unbranched alkanes of at least 4 members (excludes halogenated alkanes) is 1. The molecule has 1 fully saturated rings. The van der Waals surface area contributed by atoms with Crippen molar-refractivity contribution in [2.45, 2.75) is 76.5 Å².